The molecule has 0 unspecified atom stereocenters. The number of ether oxygens (including phenoxy) is 1. The van der Waals surface area contributed by atoms with Gasteiger partial charge in [0, 0.05) is 0 Å². The van der Waals surface area contributed by atoms with Crippen LogP contribution in [0.25, 0.3) is 10.8 Å². The zero-order chi connectivity index (χ0) is 10.1. The summed E-state index contributed by atoms with van der Waals surface area (Å²) >= 11 is 3.46. The first-order valence-corrected chi connectivity index (χ1v) is 4.97. The third-order valence-electron chi connectivity index (χ3n) is 2.12. The molecular weight excluding hydrogens is 244 g/mol. The first-order chi connectivity index (χ1) is 6.72. The number of hydrogen-bond acceptors (Lipinski definition) is 2. The molecule has 2 rings (SSSR count). The van der Waals surface area contributed by atoms with Crippen LogP contribution >= 0.6 is 15.9 Å². The van der Waals surface area contributed by atoms with E-state index in [0.717, 1.165) is 21.0 Å². The van der Waals surface area contributed by atoms with Gasteiger partial charge in [0.25, 0.3) is 0 Å². The van der Waals surface area contributed by atoms with Gasteiger partial charge in [0.15, 0.2) is 0 Å². The van der Waals surface area contributed by atoms with Gasteiger partial charge in [0.05, 0.1) is 11.6 Å². The Morgan fingerprint density at radius 2 is 2.00 bits per heavy atom. The third-order valence-corrected chi connectivity index (χ3v) is 2.94. The molecule has 72 valence electrons. The van der Waals surface area contributed by atoms with Crippen molar-refractivity contribution in [2.45, 2.75) is 0 Å². The van der Waals surface area contributed by atoms with E-state index in [1.807, 2.05) is 18.2 Å². The highest BCUT2D eigenvalue weighted by Crippen LogP contribution is 2.34. The maximum Gasteiger partial charge on any atom is 0.133 e. The molecule has 0 aliphatic carbocycles. The van der Waals surface area contributed by atoms with Crippen molar-refractivity contribution in [3.8, 4) is 11.5 Å². The summed E-state index contributed by atoms with van der Waals surface area (Å²) in [5.74, 6) is 1.07. The molecule has 0 atom stereocenters. The highest BCUT2D eigenvalue weighted by molar-refractivity contribution is 9.10. The predicted octanol–water partition coefficient (Wildman–Crippen LogP) is 3.32. The van der Waals surface area contributed by atoms with Gasteiger partial charge in [-0.05, 0) is 51.0 Å². The minimum absolute atomic E-state index is 0.273. The van der Waals surface area contributed by atoms with Crippen molar-refractivity contribution in [3.63, 3.8) is 0 Å². The first-order valence-electron chi connectivity index (χ1n) is 4.17. The number of hydrogen-bond donors (Lipinski definition) is 1. The number of methoxy groups -OCH3 is 1. The molecule has 0 bridgehead atoms. The Labute approximate surface area is 90.3 Å². The average molecular weight is 253 g/mol. The summed E-state index contributed by atoms with van der Waals surface area (Å²) in [5.41, 5.74) is 0. The third kappa shape index (κ3) is 1.44. The second-order valence-electron chi connectivity index (χ2n) is 2.99. The van der Waals surface area contributed by atoms with Crippen LogP contribution in [0.15, 0.2) is 34.8 Å². The van der Waals surface area contributed by atoms with E-state index in [1.54, 1.807) is 19.2 Å². The van der Waals surface area contributed by atoms with Crippen LogP contribution in [0.1, 0.15) is 0 Å². The van der Waals surface area contributed by atoms with Crippen LogP contribution in [-0.2, 0) is 0 Å². The van der Waals surface area contributed by atoms with Crippen LogP contribution in [0.3, 0.4) is 0 Å². The second kappa shape index (κ2) is 3.50. The summed E-state index contributed by atoms with van der Waals surface area (Å²) in [4.78, 5) is 0. The molecule has 1 N–H and O–H groups in total. The molecule has 0 aliphatic heterocycles. The van der Waals surface area contributed by atoms with Gasteiger partial charge in [-0.3, -0.25) is 0 Å². The number of phenolic OH excluding ortho intramolecular Hbond substituents is 1. The normalized spacial score (nSPS) is 10.4. The molecule has 2 aromatic rings. The van der Waals surface area contributed by atoms with Gasteiger partial charge in [-0.25, -0.2) is 0 Å². The fraction of sp³-hybridized carbons (Fsp3) is 0.0909. The van der Waals surface area contributed by atoms with Crippen LogP contribution in [0.4, 0.5) is 0 Å². The van der Waals surface area contributed by atoms with Gasteiger partial charge in [-0.2, -0.15) is 0 Å². The van der Waals surface area contributed by atoms with Crippen molar-refractivity contribution in [3.05, 3.63) is 34.8 Å². The minimum atomic E-state index is 0.273. The Morgan fingerprint density at radius 1 is 1.21 bits per heavy atom. The van der Waals surface area contributed by atoms with E-state index in [1.165, 1.54) is 0 Å². The quantitative estimate of drug-likeness (QED) is 0.844. The number of rotatable bonds is 1. The van der Waals surface area contributed by atoms with E-state index >= 15 is 0 Å². The van der Waals surface area contributed by atoms with Crippen LogP contribution in [0.2, 0.25) is 0 Å². The number of benzene rings is 2. The molecule has 0 spiro atoms. The van der Waals surface area contributed by atoms with Crippen molar-refractivity contribution in [2.75, 3.05) is 7.11 Å². The monoisotopic (exact) mass is 252 g/mol. The number of fused-ring (bicyclic) bond motifs is 1. The van der Waals surface area contributed by atoms with Crippen molar-refractivity contribution < 1.29 is 9.84 Å². The molecule has 0 heterocycles. The first kappa shape index (κ1) is 9.34. The lowest BCUT2D eigenvalue weighted by Crippen LogP contribution is -1.84. The summed E-state index contributed by atoms with van der Waals surface area (Å²) in [6.45, 7) is 0. The molecule has 0 aromatic heterocycles. The maximum atomic E-state index is 9.30. The highest BCUT2D eigenvalue weighted by atomic mass is 79.9. The smallest absolute Gasteiger partial charge is 0.133 e. The van der Waals surface area contributed by atoms with Crippen molar-refractivity contribution in [2.24, 2.45) is 0 Å². The second-order valence-corrected chi connectivity index (χ2v) is 3.78. The van der Waals surface area contributed by atoms with Crippen LogP contribution in [-0.4, -0.2) is 12.2 Å². The molecule has 14 heavy (non-hydrogen) atoms. The molecule has 2 nitrogen and oxygen atoms in total. The predicted molar refractivity (Wildman–Crippen MR) is 59.9 cm³/mol. The van der Waals surface area contributed by atoms with Gasteiger partial charge < -0.3 is 9.84 Å². The molecule has 3 heteroatoms. The van der Waals surface area contributed by atoms with Gasteiger partial charge >= 0.3 is 0 Å². The molecule has 0 radical (unpaired) electrons. The van der Waals surface area contributed by atoms with Crippen molar-refractivity contribution in [1.82, 2.24) is 0 Å². The Morgan fingerprint density at radius 3 is 2.71 bits per heavy atom. The number of phenols is 1. The number of aromatic hydroxyl groups is 1. The highest BCUT2D eigenvalue weighted by Gasteiger charge is 2.05. The number of halogens is 1. The standard InChI is InChI=1S/C11H9BrO2/c1-14-10-5-2-7-6-8(13)3-4-9(7)11(10)12/h2-6,13H,1H3. The molecular formula is C11H9BrO2. The zero-order valence-corrected chi connectivity index (χ0v) is 9.21. The Balaban J connectivity index is 2.77. The van der Waals surface area contributed by atoms with E-state index in [2.05, 4.69) is 15.9 Å². The zero-order valence-electron chi connectivity index (χ0n) is 7.62. The SMILES string of the molecule is COc1ccc2cc(O)ccc2c1Br. The average Bonchev–Trinajstić information content (AvgIpc) is 2.18. The Bertz CT molecular complexity index is 480. The summed E-state index contributed by atoms with van der Waals surface area (Å²) in [6, 6.07) is 9.02. The Hall–Kier alpha value is -1.22. The minimum Gasteiger partial charge on any atom is -0.508 e. The molecule has 0 aliphatic rings. The molecule has 0 saturated heterocycles. The van der Waals surface area contributed by atoms with Crippen LogP contribution < -0.4 is 4.74 Å². The van der Waals surface area contributed by atoms with Crippen molar-refractivity contribution in [1.29, 1.82) is 0 Å². The van der Waals surface area contributed by atoms with E-state index in [-0.39, 0.29) is 5.75 Å². The van der Waals surface area contributed by atoms with Crippen LogP contribution in [0.5, 0.6) is 11.5 Å². The van der Waals surface area contributed by atoms with E-state index in [0.29, 0.717) is 0 Å². The summed E-state index contributed by atoms with van der Waals surface area (Å²) in [6.07, 6.45) is 0. The lowest BCUT2D eigenvalue weighted by molar-refractivity contribution is 0.413. The van der Waals surface area contributed by atoms with Crippen LogP contribution in [0, 0.1) is 0 Å². The topological polar surface area (TPSA) is 29.5 Å². The van der Waals surface area contributed by atoms with E-state index < -0.39 is 0 Å². The summed E-state index contributed by atoms with van der Waals surface area (Å²) < 4.78 is 6.09. The van der Waals surface area contributed by atoms with E-state index in [4.69, 9.17) is 4.74 Å². The maximum absolute atomic E-state index is 9.30. The summed E-state index contributed by atoms with van der Waals surface area (Å²) in [5, 5.41) is 11.3. The molecule has 0 amide bonds. The van der Waals surface area contributed by atoms with Gasteiger partial charge in [0.1, 0.15) is 11.5 Å². The molecule has 2 aromatic carbocycles. The van der Waals surface area contributed by atoms with Gasteiger partial charge in [-0.15, -0.1) is 0 Å². The van der Waals surface area contributed by atoms with E-state index in [9.17, 15) is 5.11 Å². The fourth-order valence-electron chi connectivity index (χ4n) is 1.42. The van der Waals surface area contributed by atoms with Crippen molar-refractivity contribution >= 4 is 26.7 Å². The molecule has 0 fully saturated rings. The fourth-order valence-corrected chi connectivity index (χ4v) is 2.07. The van der Waals surface area contributed by atoms with Gasteiger partial charge in [-0.1, -0.05) is 6.07 Å². The van der Waals surface area contributed by atoms with Gasteiger partial charge in [0.2, 0.25) is 0 Å². The summed E-state index contributed by atoms with van der Waals surface area (Å²) in [7, 11) is 1.63. The lowest BCUT2D eigenvalue weighted by atomic mass is 10.1. The molecule has 0 saturated carbocycles. The largest absolute Gasteiger partial charge is 0.508 e. The lowest BCUT2D eigenvalue weighted by Gasteiger charge is -2.06. The Kier molecular flexibility index (Phi) is 2.33.